The quantitative estimate of drug-likeness (QED) is 0.181. The first-order chi connectivity index (χ1) is 26.0. The van der Waals surface area contributed by atoms with Gasteiger partial charge < -0.3 is 9.88 Å². The Morgan fingerprint density at radius 1 is 0.704 bits per heavy atom. The summed E-state index contributed by atoms with van der Waals surface area (Å²) in [6.45, 7) is 16.9. The zero-order valence-electron chi connectivity index (χ0n) is 33.3. The van der Waals surface area contributed by atoms with Crippen LogP contribution in [0.4, 0.5) is 17.1 Å². The number of nitrogens with one attached hydrogen (secondary N) is 1. The fourth-order valence-corrected chi connectivity index (χ4v) is 10.6. The predicted octanol–water partition coefficient (Wildman–Crippen LogP) is 11.9. The summed E-state index contributed by atoms with van der Waals surface area (Å²) in [6, 6.07) is 33.1. The molecule has 10 rings (SSSR count). The molecule has 270 valence electrons. The number of hydrogen-bond donors (Lipinski definition) is 1. The fourth-order valence-electron chi connectivity index (χ4n) is 10.6. The maximum absolute atomic E-state index is 3.90. The monoisotopic (exact) mass is 704 g/mol. The SMILES string of the molecule is Cc1cc(C2=CCCc3c2[nH]c2ccccc32)c2c(c1)N(c1cc3c(cc1C)C(C)(C)CCC3(C)C)c1ccc(-c3ccccc3C3CCC3)c(C)c1B2. The van der Waals surface area contributed by atoms with Crippen molar-refractivity contribution in [1.82, 2.24) is 4.98 Å². The summed E-state index contributed by atoms with van der Waals surface area (Å²) < 4.78 is 0. The minimum atomic E-state index is 0.121. The van der Waals surface area contributed by atoms with Crippen LogP contribution in [0.1, 0.15) is 122 Å². The van der Waals surface area contributed by atoms with Crippen LogP contribution in [-0.2, 0) is 17.3 Å². The van der Waals surface area contributed by atoms with Crippen LogP contribution in [0, 0.1) is 20.8 Å². The molecular weight excluding hydrogens is 651 g/mol. The van der Waals surface area contributed by atoms with Gasteiger partial charge in [0.05, 0.1) is 0 Å². The first kappa shape index (κ1) is 33.8. The molecule has 3 heteroatoms. The van der Waals surface area contributed by atoms with E-state index in [2.05, 4.69) is 149 Å². The van der Waals surface area contributed by atoms with Crippen molar-refractivity contribution in [3.8, 4) is 11.1 Å². The molecule has 2 heterocycles. The van der Waals surface area contributed by atoms with Crippen LogP contribution in [0.15, 0.2) is 91.0 Å². The molecule has 0 amide bonds. The van der Waals surface area contributed by atoms with E-state index in [1.165, 1.54) is 138 Å². The van der Waals surface area contributed by atoms with E-state index in [0.717, 1.165) is 20.1 Å². The van der Waals surface area contributed by atoms with Crippen LogP contribution in [0.2, 0.25) is 0 Å². The Labute approximate surface area is 323 Å². The number of anilines is 3. The number of allylic oxidation sites excluding steroid dienone is 1. The van der Waals surface area contributed by atoms with E-state index in [0.29, 0.717) is 5.92 Å². The summed E-state index contributed by atoms with van der Waals surface area (Å²) in [4.78, 5) is 6.57. The second-order valence-electron chi connectivity index (χ2n) is 18.4. The molecule has 1 aromatic heterocycles. The summed E-state index contributed by atoms with van der Waals surface area (Å²) in [6.07, 6.45) is 11.0. The van der Waals surface area contributed by atoms with Crippen molar-refractivity contribution in [3.63, 3.8) is 0 Å². The van der Waals surface area contributed by atoms with E-state index >= 15 is 0 Å². The van der Waals surface area contributed by atoms with Crippen LogP contribution >= 0.6 is 0 Å². The highest BCUT2D eigenvalue weighted by atomic mass is 15.2. The number of H-pyrrole nitrogens is 1. The minimum Gasteiger partial charge on any atom is -0.354 e. The predicted molar refractivity (Wildman–Crippen MR) is 233 cm³/mol. The molecule has 54 heavy (non-hydrogen) atoms. The van der Waals surface area contributed by atoms with Gasteiger partial charge in [-0.1, -0.05) is 106 Å². The van der Waals surface area contributed by atoms with Crippen molar-refractivity contribution in [2.24, 2.45) is 0 Å². The minimum absolute atomic E-state index is 0.121. The van der Waals surface area contributed by atoms with E-state index in [-0.39, 0.29) is 10.8 Å². The van der Waals surface area contributed by atoms with E-state index in [4.69, 9.17) is 0 Å². The maximum atomic E-state index is 3.90. The lowest BCUT2D eigenvalue weighted by atomic mass is 9.56. The number of fused-ring (bicyclic) bond motifs is 6. The molecule has 1 aliphatic heterocycles. The van der Waals surface area contributed by atoms with Gasteiger partial charge in [0.15, 0.2) is 7.28 Å². The third-order valence-electron chi connectivity index (χ3n) is 14.1. The molecule has 0 spiro atoms. The van der Waals surface area contributed by atoms with Gasteiger partial charge in [0.25, 0.3) is 0 Å². The summed E-state index contributed by atoms with van der Waals surface area (Å²) in [7, 11) is 0.914. The zero-order chi connectivity index (χ0) is 37.1. The van der Waals surface area contributed by atoms with Gasteiger partial charge in [-0.05, 0) is 161 Å². The molecule has 0 saturated heterocycles. The number of para-hydroxylation sites is 1. The van der Waals surface area contributed by atoms with Gasteiger partial charge in [0.2, 0.25) is 0 Å². The van der Waals surface area contributed by atoms with Crippen LogP contribution < -0.4 is 15.8 Å². The molecule has 1 N–H and O–H groups in total. The lowest BCUT2D eigenvalue weighted by Crippen LogP contribution is -2.43. The largest absolute Gasteiger partial charge is 0.354 e. The Balaban J connectivity index is 1.23. The lowest BCUT2D eigenvalue weighted by molar-refractivity contribution is 0.332. The normalized spacial score (nSPS) is 18.2. The van der Waals surface area contributed by atoms with Gasteiger partial charge in [-0.2, -0.15) is 0 Å². The lowest BCUT2D eigenvalue weighted by Gasteiger charge is -2.44. The number of hydrogen-bond acceptors (Lipinski definition) is 1. The maximum Gasteiger partial charge on any atom is 0.198 e. The third-order valence-corrected chi connectivity index (χ3v) is 14.1. The molecule has 0 bridgehead atoms. The van der Waals surface area contributed by atoms with Crippen molar-refractivity contribution in [2.75, 3.05) is 4.90 Å². The number of nitrogens with zero attached hydrogens (tertiary/aromatic N) is 1. The number of aromatic nitrogens is 1. The summed E-state index contributed by atoms with van der Waals surface area (Å²) in [5.41, 5.74) is 25.4. The standard InChI is InChI=1S/C51H53BN2/c1-30-26-40(39-20-13-19-38-37-18-10-11-21-43(37)53-49(38)39)48-46(27-30)54(45-29-42-41(28-31(45)2)50(4,5)24-25-51(42,6)7)44-23-22-34(32(3)47(44)52-48)36-17-9-8-16-35(36)33-14-12-15-33/h8-11,16-18,20-23,26-29,33,52-53H,12-15,19,24-25H2,1-7H3. The first-order valence-corrected chi connectivity index (χ1v) is 20.6. The third kappa shape index (κ3) is 5.06. The molecule has 5 aromatic carbocycles. The Kier molecular flexibility index (Phi) is 7.59. The molecule has 0 atom stereocenters. The zero-order valence-corrected chi connectivity index (χ0v) is 33.3. The molecule has 2 nitrogen and oxygen atoms in total. The Morgan fingerprint density at radius 3 is 2.22 bits per heavy atom. The van der Waals surface area contributed by atoms with Gasteiger partial charge in [0, 0.05) is 39.2 Å². The van der Waals surface area contributed by atoms with Crippen molar-refractivity contribution in [3.05, 3.63) is 141 Å². The molecule has 1 fully saturated rings. The van der Waals surface area contributed by atoms with Crippen LogP contribution in [0.25, 0.3) is 27.6 Å². The smallest absolute Gasteiger partial charge is 0.198 e. The second kappa shape index (κ2) is 12.1. The molecule has 6 aromatic rings. The average molecular weight is 705 g/mol. The number of aromatic amines is 1. The van der Waals surface area contributed by atoms with Crippen LogP contribution in [0.3, 0.4) is 0 Å². The number of aryl methyl sites for hydroxylation is 3. The first-order valence-electron chi connectivity index (χ1n) is 20.6. The van der Waals surface area contributed by atoms with E-state index in [1.54, 1.807) is 0 Å². The van der Waals surface area contributed by atoms with Crippen molar-refractivity contribution in [1.29, 1.82) is 0 Å². The van der Waals surface area contributed by atoms with Crippen molar-refractivity contribution in [2.45, 2.75) is 110 Å². The number of benzene rings is 5. The Bertz CT molecular complexity index is 2560. The van der Waals surface area contributed by atoms with E-state index < -0.39 is 0 Å². The van der Waals surface area contributed by atoms with Crippen LogP contribution in [-0.4, -0.2) is 12.3 Å². The molecule has 0 radical (unpaired) electrons. The van der Waals surface area contributed by atoms with Gasteiger partial charge in [-0.15, -0.1) is 0 Å². The van der Waals surface area contributed by atoms with Crippen molar-refractivity contribution >= 4 is 51.7 Å². The van der Waals surface area contributed by atoms with Gasteiger partial charge in [0.1, 0.15) is 0 Å². The highest BCUT2D eigenvalue weighted by Crippen LogP contribution is 2.50. The molecular formula is C51H53BN2. The molecule has 3 aliphatic carbocycles. The van der Waals surface area contributed by atoms with Gasteiger partial charge >= 0.3 is 0 Å². The highest BCUT2D eigenvalue weighted by molar-refractivity contribution is 6.73. The summed E-state index contributed by atoms with van der Waals surface area (Å²) in [5, 5.41) is 1.37. The molecule has 4 aliphatic rings. The summed E-state index contributed by atoms with van der Waals surface area (Å²) in [5.74, 6) is 0.679. The highest BCUT2D eigenvalue weighted by Gasteiger charge is 2.39. The fraction of sp³-hybridized carbons (Fsp3) is 0.333. The molecule has 0 unspecified atom stereocenters. The molecule has 1 saturated carbocycles. The van der Waals surface area contributed by atoms with E-state index in [9.17, 15) is 0 Å². The van der Waals surface area contributed by atoms with Crippen molar-refractivity contribution < 1.29 is 0 Å². The van der Waals surface area contributed by atoms with Crippen LogP contribution in [0.5, 0.6) is 0 Å². The Hall–Kier alpha value is -4.76. The number of rotatable bonds is 4. The summed E-state index contributed by atoms with van der Waals surface area (Å²) >= 11 is 0. The van der Waals surface area contributed by atoms with Gasteiger partial charge in [-0.3, -0.25) is 0 Å². The van der Waals surface area contributed by atoms with Gasteiger partial charge in [-0.25, -0.2) is 0 Å². The average Bonchev–Trinajstić information content (AvgIpc) is 3.52. The van der Waals surface area contributed by atoms with E-state index in [1.807, 2.05) is 0 Å². The Morgan fingerprint density at radius 2 is 1.44 bits per heavy atom. The second-order valence-corrected chi connectivity index (χ2v) is 18.4. The topological polar surface area (TPSA) is 19.0 Å².